The molecular weight excluding hydrogens is 450 g/mol. The second-order valence-corrected chi connectivity index (χ2v) is 7.64. The van der Waals surface area contributed by atoms with Crippen LogP contribution in [0.5, 0.6) is 11.5 Å². The van der Waals surface area contributed by atoms with Crippen LogP contribution in [0, 0.1) is 6.92 Å². The number of rotatable bonds is 9. The maximum atomic E-state index is 12.7. The van der Waals surface area contributed by atoms with Crippen molar-refractivity contribution in [2.75, 3.05) is 26.1 Å². The average Bonchev–Trinajstić information content (AvgIpc) is 3.42. The summed E-state index contributed by atoms with van der Waals surface area (Å²) in [5.74, 6) is -0.485. The number of hydrogen-bond acceptors (Lipinski definition) is 9. The Kier molecular flexibility index (Phi) is 7.67. The van der Waals surface area contributed by atoms with Crippen molar-refractivity contribution >= 4 is 34.2 Å². The maximum Gasteiger partial charge on any atom is 0.348 e. The minimum absolute atomic E-state index is 0.0815. The molecule has 33 heavy (non-hydrogen) atoms. The third-order valence-electron chi connectivity index (χ3n) is 4.52. The van der Waals surface area contributed by atoms with Crippen LogP contribution in [-0.2, 0) is 16.2 Å². The van der Waals surface area contributed by atoms with Crippen LogP contribution in [0.25, 0.3) is 0 Å². The molecule has 0 aliphatic heterocycles. The standard InChI is InChI=1S/C22H23N3O7S/c1-5-31-22(28)18-13(2)17(21(27)30-4)20(33-18)23-19(26)16-10-11-25(24-16)12-32-15-8-6-14(29-3)7-9-15/h6-11H,5,12H2,1-4H3,(H,23,26). The van der Waals surface area contributed by atoms with Gasteiger partial charge in [-0.25, -0.2) is 14.3 Å². The summed E-state index contributed by atoms with van der Waals surface area (Å²) in [5, 5.41) is 7.01. The SMILES string of the molecule is CCOC(=O)c1sc(NC(=O)c2ccn(COc3ccc(OC)cc3)n2)c(C(=O)OC)c1C. The zero-order valence-corrected chi connectivity index (χ0v) is 19.4. The minimum atomic E-state index is -0.673. The van der Waals surface area contributed by atoms with Crippen LogP contribution in [0.15, 0.2) is 36.5 Å². The number of anilines is 1. The lowest BCUT2D eigenvalue weighted by atomic mass is 10.1. The van der Waals surface area contributed by atoms with Gasteiger partial charge in [0.15, 0.2) is 12.4 Å². The second kappa shape index (κ2) is 10.6. The van der Waals surface area contributed by atoms with E-state index in [9.17, 15) is 14.4 Å². The molecule has 1 amide bonds. The van der Waals surface area contributed by atoms with Crippen molar-refractivity contribution < 1.29 is 33.3 Å². The fourth-order valence-corrected chi connectivity index (χ4v) is 3.96. The maximum absolute atomic E-state index is 12.7. The third-order valence-corrected chi connectivity index (χ3v) is 5.71. The summed E-state index contributed by atoms with van der Waals surface area (Å²) in [6.07, 6.45) is 1.59. The molecule has 11 heteroatoms. The molecule has 174 valence electrons. The first kappa shape index (κ1) is 23.8. The van der Waals surface area contributed by atoms with E-state index in [4.69, 9.17) is 18.9 Å². The fraction of sp³-hybridized carbons (Fsp3) is 0.273. The third kappa shape index (κ3) is 5.50. The minimum Gasteiger partial charge on any atom is -0.497 e. The van der Waals surface area contributed by atoms with Gasteiger partial charge in [-0.3, -0.25) is 4.79 Å². The zero-order valence-electron chi connectivity index (χ0n) is 18.5. The van der Waals surface area contributed by atoms with E-state index in [-0.39, 0.29) is 34.5 Å². The number of carbonyl (C=O) groups is 3. The average molecular weight is 474 g/mol. The second-order valence-electron chi connectivity index (χ2n) is 6.62. The van der Waals surface area contributed by atoms with Gasteiger partial charge in [0.2, 0.25) is 0 Å². The normalized spacial score (nSPS) is 10.4. The number of methoxy groups -OCH3 is 2. The molecule has 1 aromatic carbocycles. The summed E-state index contributed by atoms with van der Waals surface area (Å²) >= 11 is 0.941. The molecule has 0 radical (unpaired) electrons. The van der Waals surface area contributed by atoms with Gasteiger partial charge >= 0.3 is 11.9 Å². The van der Waals surface area contributed by atoms with Gasteiger partial charge in [0.25, 0.3) is 5.91 Å². The predicted octanol–water partition coefficient (Wildman–Crippen LogP) is 3.51. The fourth-order valence-electron chi connectivity index (χ4n) is 2.88. The highest BCUT2D eigenvalue weighted by atomic mass is 32.1. The van der Waals surface area contributed by atoms with Gasteiger partial charge < -0.3 is 24.3 Å². The summed E-state index contributed by atoms with van der Waals surface area (Å²) in [5.41, 5.74) is 0.577. The first-order valence-electron chi connectivity index (χ1n) is 9.88. The molecule has 10 nitrogen and oxygen atoms in total. The van der Waals surface area contributed by atoms with Gasteiger partial charge in [0, 0.05) is 6.20 Å². The molecule has 3 aromatic rings. The molecule has 1 N–H and O–H groups in total. The molecule has 3 rings (SSSR count). The van der Waals surface area contributed by atoms with Gasteiger partial charge in [-0.05, 0) is 49.7 Å². The molecule has 0 unspecified atom stereocenters. The largest absolute Gasteiger partial charge is 0.497 e. The van der Waals surface area contributed by atoms with Crippen LogP contribution < -0.4 is 14.8 Å². The predicted molar refractivity (Wildman–Crippen MR) is 120 cm³/mol. The number of ether oxygens (including phenoxy) is 4. The molecule has 0 aliphatic carbocycles. The molecule has 0 bridgehead atoms. The number of nitrogens with one attached hydrogen (secondary N) is 1. The van der Waals surface area contributed by atoms with E-state index in [2.05, 4.69) is 10.4 Å². The Labute approximate surface area is 194 Å². The molecule has 0 aliphatic rings. The summed E-state index contributed by atoms with van der Waals surface area (Å²) in [6.45, 7) is 3.54. The van der Waals surface area contributed by atoms with Crippen molar-refractivity contribution in [1.29, 1.82) is 0 Å². The Bertz CT molecular complexity index is 1150. The molecule has 2 heterocycles. The van der Waals surface area contributed by atoms with Crippen LogP contribution in [0.4, 0.5) is 5.00 Å². The summed E-state index contributed by atoms with van der Waals surface area (Å²) < 4.78 is 22.0. The van der Waals surface area contributed by atoms with Gasteiger partial charge in [-0.15, -0.1) is 11.3 Å². The van der Waals surface area contributed by atoms with Gasteiger partial charge in [-0.1, -0.05) is 0 Å². The molecular formula is C22H23N3O7S. The van der Waals surface area contributed by atoms with E-state index in [1.165, 1.54) is 17.9 Å². The number of aromatic nitrogens is 2. The highest BCUT2D eigenvalue weighted by Gasteiger charge is 2.27. The van der Waals surface area contributed by atoms with Crippen LogP contribution in [0.3, 0.4) is 0 Å². The zero-order chi connectivity index (χ0) is 24.0. The van der Waals surface area contributed by atoms with E-state index in [0.29, 0.717) is 17.1 Å². The van der Waals surface area contributed by atoms with Crippen LogP contribution >= 0.6 is 11.3 Å². The van der Waals surface area contributed by atoms with Gasteiger partial charge in [0.1, 0.15) is 21.4 Å². The van der Waals surface area contributed by atoms with E-state index < -0.39 is 17.8 Å². The Balaban J connectivity index is 1.73. The quantitative estimate of drug-likeness (QED) is 0.469. The molecule has 0 fully saturated rings. The molecule has 2 aromatic heterocycles. The highest BCUT2D eigenvalue weighted by Crippen LogP contribution is 2.34. The van der Waals surface area contributed by atoms with Crippen molar-refractivity contribution in [1.82, 2.24) is 9.78 Å². The number of benzene rings is 1. The van der Waals surface area contributed by atoms with Gasteiger partial charge in [0.05, 0.1) is 26.4 Å². The molecule has 0 saturated heterocycles. The first-order chi connectivity index (χ1) is 15.9. The lowest BCUT2D eigenvalue weighted by Gasteiger charge is -2.07. The van der Waals surface area contributed by atoms with E-state index >= 15 is 0 Å². The van der Waals surface area contributed by atoms with Gasteiger partial charge in [-0.2, -0.15) is 5.10 Å². The lowest BCUT2D eigenvalue weighted by molar-refractivity contribution is 0.0531. The van der Waals surface area contributed by atoms with Crippen LogP contribution in [-0.4, -0.2) is 48.5 Å². The number of esters is 2. The number of amides is 1. The first-order valence-corrected chi connectivity index (χ1v) is 10.7. The number of carbonyl (C=O) groups excluding carboxylic acids is 3. The van der Waals surface area contributed by atoms with E-state index in [1.807, 2.05) is 0 Å². The van der Waals surface area contributed by atoms with E-state index in [0.717, 1.165) is 11.3 Å². The van der Waals surface area contributed by atoms with Crippen molar-refractivity contribution in [2.45, 2.75) is 20.6 Å². The molecule has 0 saturated carbocycles. The molecule has 0 spiro atoms. The summed E-state index contributed by atoms with van der Waals surface area (Å²) in [4.78, 5) is 37.4. The van der Waals surface area contributed by atoms with Crippen molar-refractivity contribution in [3.8, 4) is 11.5 Å². The number of nitrogens with zero attached hydrogens (tertiary/aromatic N) is 2. The molecule has 0 atom stereocenters. The number of hydrogen-bond donors (Lipinski definition) is 1. The topological polar surface area (TPSA) is 118 Å². The summed E-state index contributed by atoms with van der Waals surface area (Å²) in [6, 6.07) is 8.56. The van der Waals surface area contributed by atoms with Crippen molar-refractivity contribution in [2.24, 2.45) is 0 Å². The number of thiophene rings is 1. The Morgan fingerprint density at radius 1 is 1.06 bits per heavy atom. The monoisotopic (exact) mass is 473 g/mol. The van der Waals surface area contributed by atoms with Crippen LogP contribution in [0.1, 0.15) is 43.0 Å². The Morgan fingerprint density at radius 2 is 1.76 bits per heavy atom. The van der Waals surface area contributed by atoms with Crippen molar-refractivity contribution in [3.63, 3.8) is 0 Å². The summed E-state index contributed by atoms with van der Waals surface area (Å²) in [7, 11) is 2.80. The van der Waals surface area contributed by atoms with Crippen molar-refractivity contribution in [3.05, 3.63) is 58.2 Å². The van der Waals surface area contributed by atoms with Crippen LogP contribution in [0.2, 0.25) is 0 Å². The Morgan fingerprint density at radius 3 is 2.39 bits per heavy atom. The lowest BCUT2D eigenvalue weighted by Crippen LogP contribution is -2.16. The highest BCUT2D eigenvalue weighted by molar-refractivity contribution is 7.18. The van der Waals surface area contributed by atoms with E-state index in [1.54, 1.807) is 51.4 Å². The smallest absolute Gasteiger partial charge is 0.348 e. The Hall–Kier alpha value is -3.86.